The van der Waals surface area contributed by atoms with Crippen LogP contribution in [0.5, 0.6) is 5.75 Å². The van der Waals surface area contributed by atoms with Crippen LogP contribution >= 0.6 is 0 Å². The van der Waals surface area contributed by atoms with Crippen molar-refractivity contribution >= 4 is 5.91 Å². The first kappa shape index (κ1) is 16.7. The summed E-state index contributed by atoms with van der Waals surface area (Å²) >= 11 is 0. The Morgan fingerprint density at radius 2 is 1.82 bits per heavy atom. The molecule has 22 heavy (non-hydrogen) atoms. The van der Waals surface area contributed by atoms with E-state index in [1.54, 1.807) is 18.7 Å². The highest BCUT2D eigenvalue weighted by atomic mass is 19.1. The van der Waals surface area contributed by atoms with Crippen LogP contribution in [0.15, 0.2) is 24.3 Å². The van der Waals surface area contributed by atoms with Crippen LogP contribution in [0, 0.1) is 5.82 Å². The molecule has 2 rings (SSSR count). The molecule has 1 aliphatic heterocycles. The van der Waals surface area contributed by atoms with E-state index in [-0.39, 0.29) is 18.3 Å². The van der Waals surface area contributed by atoms with Gasteiger partial charge in [-0.15, -0.1) is 0 Å². The molecule has 0 spiro atoms. The van der Waals surface area contributed by atoms with Crippen molar-refractivity contribution in [3.05, 3.63) is 30.1 Å². The van der Waals surface area contributed by atoms with Gasteiger partial charge in [-0.25, -0.2) is 4.39 Å². The molecule has 6 heteroatoms. The fourth-order valence-corrected chi connectivity index (χ4v) is 2.47. The summed E-state index contributed by atoms with van der Waals surface area (Å²) in [4.78, 5) is 16.0. The van der Waals surface area contributed by atoms with Crippen LogP contribution in [0.4, 0.5) is 4.39 Å². The lowest BCUT2D eigenvalue weighted by molar-refractivity contribution is -0.135. The zero-order valence-corrected chi connectivity index (χ0v) is 13.1. The first-order chi connectivity index (χ1) is 10.3. The van der Waals surface area contributed by atoms with Crippen molar-refractivity contribution in [2.75, 3.05) is 39.3 Å². The maximum absolute atomic E-state index is 12.8. The summed E-state index contributed by atoms with van der Waals surface area (Å²) in [6, 6.07) is 5.61. The Bertz CT molecular complexity index is 491. The molecule has 1 fully saturated rings. The third kappa shape index (κ3) is 5.27. The summed E-state index contributed by atoms with van der Waals surface area (Å²) in [6.45, 7) is 6.85. The normalized spacial score (nSPS) is 16.6. The zero-order valence-electron chi connectivity index (χ0n) is 13.1. The van der Waals surface area contributed by atoms with Crippen LogP contribution in [-0.4, -0.2) is 65.7 Å². The minimum absolute atomic E-state index is 0.0445. The van der Waals surface area contributed by atoms with E-state index in [1.807, 2.05) is 0 Å². The van der Waals surface area contributed by atoms with Gasteiger partial charge in [0.1, 0.15) is 11.6 Å². The number of halogens is 1. The van der Waals surface area contributed by atoms with E-state index < -0.39 is 5.60 Å². The number of amides is 1. The number of hydrogen-bond acceptors (Lipinski definition) is 4. The number of benzene rings is 1. The van der Waals surface area contributed by atoms with E-state index in [1.165, 1.54) is 24.3 Å². The Labute approximate surface area is 130 Å². The van der Waals surface area contributed by atoms with E-state index in [4.69, 9.17) is 4.74 Å². The number of ether oxygens (including phenoxy) is 1. The second-order valence-corrected chi connectivity index (χ2v) is 6.21. The number of piperazine rings is 1. The molecule has 0 aliphatic carbocycles. The maximum atomic E-state index is 12.8. The largest absolute Gasteiger partial charge is 0.484 e. The third-order valence-electron chi connectivity index (χ3n) is 3.51. The summed E-state index contributed by atoms with van der Waals surface area (Å²) in [5.41, 5.74) is -0.724. The number of nitrogens with zero attached hydrogens (tertiary/aromatic N) is 2. The van der Waals surface area contributed by atoms with E-state index in [9.17, 15) is 14.3 Å². The number of carbonyl (C=O) groups excluding carboxylic acids is 1. The summed E-state index contributed by atoms with van der Waals surface area (Å²) in [5, 5.41) is 9.81. The van der Waals surface area contributed by atoms with Crippen LogP contribution in [0.1, 0.15) is 13.8 Å². The second-order valence-electron chi connectivity index (χ2n) is 6.21. The molecule has 122 valence electrons. The minimum atomic E-state index is -0.724. The monoisotopic (exact) mass is 310 g/mol. The number of aliphatic hydroxyl groups is 1. The van der Waals surface area contributed by atoms with E-state index in [0.29, 0.717) is 25.4 Å². The Kier molecular flexibility index (Phi) is 5.37. The van der Waals surface area contributed by atoms with Gasteiger partial charge in [0, 0.05) is 32.7 Å². The van der Waals surface area contributed by atoms with Gasteiger partial charge in [-0.05, 0) is 38.1 Å². The predicted molar refractivity (Wildman–Crippen MR) is 81.2 cm³/mol. The van der Waals surface area contributed by atoms with Gasteiger partial charge in [0.15, 0.2) is 6.61 Å². The van der Waals surface area contributed by atoms with E-state index in [0.717, 1.165) is 13.1 Å². The molecule has 0 saturated carbocycles. The second kappa shape index (κ2) is 7.07. The predicted octanol–water partition coefficient (Wildman–Crippen LogP) is 1.12. The highest BCUT2D eigenvalue weighted by Crippen LogP contribution is 2.12. The van der Waals surface area contributed by atoms with Crippen molar-refractivity contribution in [2.24, 2.45) is 0 Å². The van der Waals surface area contributed by atoms with Crippen LogP contribution in [-0.2, 0) is 4.79 Å². The average Bonchev–Trinajstić information content (AvgIpc) is 2.45. The van der Waals surface area contributed by atoms with E-state index >= 15 is 0 Å². The SMILES string of the molecule is CC(C)(O)CN1CCN(C(=O)COc2ccc(F)cc2)CC1. The molecule has 1 saturated heterocycles. The third-order valence-corrected chi connectivity index (χ3v) is 3.51. The molecule has 5 nitrogen and oxygen atoms in total. The van der Waals surface area contributed by atoms with Crippen molar-refractivity contribution < 1.29 is 19.0 Å². The lowest BCUT2D eigenvalue weighted by Crippen LogP contribution is -2.52. The van der Waals surface area contributed by atoms with Crippen molar-refractivity contribution in [1.29, 1.82) is 0 Å². The standard InChI is InChI=1S/C16H23FN2O3/c1-16(2,21)12-18-7-9-19(10-8-18)15(20)11-22-14-5-3-13(17)4-6-14/h3-6,21H,7-12H2,1-2H3. The van der Waals surface area contributed by atoms with Crippen molar-refractivity contribution in [3.63, 3.8) is 0 Å². The van der Waals surface area contributed by atoms with Gasteiger partial charge in [-0.3, -0.25) is 9.69 Å². The molecule has 1 aliphatic rings. The van der Waals surface area contributed by atoms with Gasteiger partial charge in [-0.1, -0.05) is 0 Å². The molecule has 1 N–H and O–H groups in total. The Balaban J connectivity index is 1.74. The highest BCUT2D eigenvalue weighted by Gasteiger charge is 2.25. The van der Waals surface area contributed by atoms with Gasteiger partial charge in [0.25, 0.3) is 5.91 Å². The molecular formula is C16H23FN2O3. The molecular weight excluding hydrogens is 287 g/mol. The molecule has 1 heterocycles. The zero-order chi connectivity index (χ0) is 16.2. The van der Waals surface area contributed by atoms with Crippen molar-refractivity contribution in [3.8, 4) is 5.75 Å². The smallest absolute Gasteiger partial charge is 0.260 e. The lowest BCUT2D eigenvalue weighted by atomic mass is 10.1. The quantitative estimate of drug-likeness (QED) is 0.885. The molecule has 1 aromatic carbocycles. The van der Waals surface area contributed by atoms with Crippen LogP contribution in [0.2, 0.25) is 0 Å². The maximum Gasteiger partial charge on any atom is 0.260 e. The first-order valence-electron chi connectivity index (χ1n) is 7.44. The molecule has 0 radical (unpaired) electrons. The Morgan fingerprint density at radius 3 is 2.36 bits per heavy atom. The number of carbonyl (C=O) groups is 1. The number of hydrogen-bond donors (Lipinski definition) is 1. The fourth-order valence-electron chi connectivity index (χ4n) is 2.47. The van der Waals surface area contributed by atoms with Crippen LogP contribution < -0.4 is 4.74 Å². The molecule has 0 unspecified atom stereocenters. The molecule has 1 amide bonds. The fraction of sp³-hybridized carbons (Fsp3) is 0.562. The van der Waals surface area contributed by atoms with E-state index in [2.05, 4.69) is 4.90 Å². The first-order valence-corrected chi connectivity index (χ1v) is 7.44. The van der Waals surface area contributed by atoms with Gasteiger partial charge in [0.05, 0.1) is 5.60 Å². The molecule has 0 aromatic heterocycles. The van der Waals surface area contributed by atoms with Crippen molar-refractivity contribution in [1.82, 2.24) is 9.80 Å². The Hall–Kier alpha value is -1.66. The highest BCUT2D eigenvalue weighted by molar-refractivity contribution is 5.77. The van der Waals surface area contributed by atoms with Crippen molar-refractivity contribution in [2.45, 2.75) is 19.4 Å². The summed E-state index contributed by atoms with van der Waals surface area (Å²) in [6.07, 6.45) is 0. The molecule has 1 aromatic rings. The van der Waals surface area contributed by atoms with Gasteiger partial charge >= 0.3 is 0 Å². The van der Waals surface area contributed by atoms with Gasteiger partial charge < -0.3 is 14.7 Å². The number of β-amino-alcohol motifs (C(OH)–C–C–N with tert-alkyl or cyclic N) is 1. The molecule has 0 atom stereocenters. The van der Waals surface area contributed by atoms with Crippen LogP contribution in [0.3, 0.4) is 0 Å². The number of rotatable bonds is 5. The summed E-state index contributed by atoms with van der Waals surface area (Å²) in [5.74, 6) is 0.0734. The average molecular weight is 310 g/mol. The van der Waals surface area contributed by atoms with Gasteiger partial charge in [-0.2, -0.15) is 0 Å². The summed E-state index contributed by atoms with van der Waals surface area (Å²) in [7, 11) is 0. The lowest BCUT2D eigenvalue weighted by Gasteiger charge is -2.37. The summed E-state index contributed by atoms with van der Waals surface area (Å²) < 4.78 is 18.1. The molecule has 0 bridgehead atoms. The van der Waals surface area contributed by atoms with Crippen LogP contribution in [0.25, 0.3) is 0 Å². The van der Waals surface area contributed by atoms with Gasteiger partial charge in [0.2, 0.25) is 0 Å². The Morgan fingerprint density at radius 1 is 1.23 bits per heavy atom. The topological polar surface area (TPSA) is 53.0 Å². The minimum Gasteiger partial charge on any atom is -0.484 e.